The lowest BCUT2D eigenvalue weighted by molar-refractivity contribution is 0.215. The molecule has 1 N–H and O–H groups in total. The van der Waals surface area contributed by atoms with E-state index in [9.17, 15) is 0 Å². The quantitative estimate of drug-likeness (QED) is 0.653. The Balaban J connectivity index is -0.0000000300. The summed E-state index contributed by atoms with van der Waals surface area (Å²) in [6.07, 6.45) is 0. The van der Waals surface area contributed by atoms with Crippen molar-refractivity contribution in [1.29, 1.82) is 0 Å². The van der Waals surface area contributed by atoms with Crippen LogP contribution in [0.5, 0.6) is 0 Å². The molecule has 0 amide bonds. The zero-order valence-electron chi connectivity index (χ0n) is 6.32. The topological polar surface area (TPSA) is 21.3 Å². The van der Waals surface area contributed by atoms with E-state index in [1.165, 1.54) is 0 Å². The lowest BCUT2D eigenvalue weighted by Gasteiger charge is -1.76. The highest BCUT2D eigenvalue weighted by molar-refractivity contribution is 4.15. The molecule has 0 spiro atoms. The van der Waals surface area contributed by atoms with Gasteiger partial charge in [0.2, 0.25) is 0 Å². The van der Waals surface area contributed by atoms with E-state index in [-0.39, 0.29) is 14.9 Å². The van der Waals surface area contributed by atoms with Crippen LogP contribution in [0.1, 0.15) is 28.7 Å². The molecule has 0 saturated heterocycles. The van der Waals surface area contributed by atoms with Crippen LogP contribution in [-0.4, -0.2) is 27.3 Å². The molecule has 0 bridgehead atoms. The minimum Gasteiger partial charge on any atom is -0.385 e. The van der Waals surface area contributed by atoms with Crippen LogP contribution in [-0.2, 0) is 4.74 Å². The third-order valence-electron chi connectivity index (χ3n) is 0.642. The smallest absolute Gasteiger partial charge is 0.0433 e. The minimum atomic E-state index is 0. The molecule has 0 aliphatic heterocycles. The van der Waals surface area contributed by atoms with Crippen LogP contribution in [0.25, 0.3) is 0 Å². The lowest BCUT2D eigenvalue weighted by Crippen LogP contribution is -2.01. The standard InChI is InChI=1S/C3H9N.C3H8O.2CH4/c2*1-3-4-2;;/h4H,3H2,1-2H3;3H2,1-2H3;2*1H4. The molecule has 2 nitrogen and oxygen atoms in total. The zero-order valence-corrected chi connectivity index (χ0v) is 6.32. The Morgan fingerprint density at radius 1 is 1.20 bits per heavy atom. The van der Waals surface area contributed by atoms with E-state index in [1.807, 2.05) is 14.0 Å². The first-order valence-electron chi connectivity index (χ1n) is 2.96. The summed E-state index contributed by atoms with van der Waals surface area (Å²) < 4.78 is 4.54. The van der Waals surface area contributed by atoms with Crippen molar-refractivity contribution >= 4 is 0 Å². The molecule has 0 unspecified atom stereocenters. The first-order valence-corrected chi connectivity index (χ1v) is 2.96. The van der Waals surface area contributed by atoms with E-state index in [0.717, 1.165) is 13.2 Å². The van der Waals surface area contributed by atoms with Gasteiger partial charge >= 0.3 is 0 Å². The fraction of sp³-hybridized carbons (Fsp3) is 1.00. The third kappa shape index (κ3) is 103. The molecule has 0 aromatic heterocycles. The van der Waals surface area contributed by atoms with Gasteiger partial charge in [-0.1, -0.05) is 21.8 Å². The predicted molar refractivity (Wildman–Crippen MR) is 50.6 cm³/mol. The maximum absolute atomic E-state index is 4.54. The van der Waals surface area contributed by atoms with Gasteiger partial charge < -0.3 is 10.1 Å². The summed E-state index contributed by atoms with van der Waals surface area (Å²) in [5.74, 6) is 0. The van der Waals surface area contributed by atoms with Gasteiger partial charge in [-0.25, -0.2) is 0 Å². The molecule has 10 heavy (non-hydrogen) atoms. The summed E-state index contributed by atoms with van der Waals surface area (Å²) in [6, 6.07) is 0. The van der Waals surface area contributed by atoms with E-state index < -0.39 is 0 Å². The monoisotopic (exact) mass is 151 g/mol. The molecule has 0 saturated carbocycles. The van der Waals surface area contributed by atoms with E-state index in [2.05, 4.69) is 17.0 Å². The molecule has 0 aliphatic carbocycles. The summed E-state index contributed by atoms with van der Waals surface area (Å²) in [4.78, 5) is 0. The summed E-state index contributed by atoms with van der Waals surface area (Å²) >= 11 is 0. The van der Waals surface area contributed by atoms with Crippen LogP contribution >= 0.6 is 0 Å². The molecule has 0 atom stereocenters. The molecule has 0 fully saturated rings. The highest BCUT2D eigenvalue weighted by Crippen LogP contribution is 1.52. The van der Waals surface area contributed by atoms with Crippen molar-refractivity contribution in [3.8, 4) is 0 Å². The van der Waals surface area contributed by atoms with Gasteiger partial charge in [-0.15, -0.1) is 0 Å². The first-order chi connectivity index (χ1) is 3.83. The van der Waals surface area contributed by atoms with Crippen LogP contribution in [0, 0.1) is 0 Å². The van der Waals surface area contributed by atoms with Gasteiger partial charge in [0.15, 0.2) is 0 Å². The molecule has 0 aromatic rings. The highest BCUT2D eigenvalue weighted by Gasteiger charge is 1.51. The zero-order chi connectivity index (χ0) is 6.83. The molecule has 0 radical (unpaired) electrons. The Morgan fingerprint density at radius 3 is 1.40 bits per heavy atom. The van der Waals surface area contributed by atoms with Crippen LogP contribution < -0.4 is 5.32 Å². The number of hydrogen-bond acceptors (Lipinski definition) is 2. The molecule has 0 aromatic carbocycles. The van der Waals surface area contributed by atoms with Crippen molar-refractivity contribution in [1.82, 2.24) is 5.32 Å². The SMILES string of the molecule is C.C.CCNC.CCOC. The molecule has 0 rings (SSSR count). The molecule has 0 aliphatic rings. The average molecular weight is 151 g/mol. The Hall–Kier alpha value is -0.0800. The van der Waals surface area contributed by atoms with E-state index in [1.54, 1.807) is 7.11 Å². The Kier molecular flexibility index (Phi) is 82.0. The summed E-state index contributed by atoms with van der Waals surface area (Å²) in [6.45, 7) is 5.92. The van der Waals surface area contributed by atoms with E-state index in [4.69, 9.17) is 0 Å². The Bertz CT molecular complexity index is 17.2. The largest absolute Gasteiger partial charge is 0.385 e. The number of hydrogen-bond donors (Lipinski definition) is 1. The van der Waals surface area contributed by atoms with Gasteiger partial charge in [-0.05, 0) is 20.5 Å². The summed E-state index contributed by atoms with van der Waals surface area (Å²) in [7, 11) is 3.61. The van der Waals surface area contributed by atoms with Crippen LogP contribution in [0.2, 0.25) is 0 Å². The third-order valence-corrected chi connectivity index (χ3v) is 0.642. The predicted octanol–water partition coefficient (Wildman–Crippen LogP) is 2.15. The van der Waals surface area contributed by atoms with Gasteiger partial charge in [-0.3, -0.25) is 0 Å². The maximum atomic E-state index is 4.54. The number of ether oxygens (including phenoxy) is 1. The number of methoxy groups -OCH3 is 1. The van der Waals surface area contributed by atoms with Crippen molar-refractivity contribution < 1.29 is 4.74 Å². The van der Waals surface area contributed by atoms with Crippen molar-refractivity contribution in [2.75, 3.05) is 27.3 Å². The first kappa shape index (κ1) is 22.5. The number of nitrogens with one attached hydrogen (secondary N) is 1. The van der Waals surface area contributed by atoms with E-state index in [0.29, 0.717) is 0 Å². The second-order valence-electron chi connectivity index (χ2n) is 1.28. The Labute approximate surface area is 67.0 Å². The molecule has 68 valence electrons. The van der Waals surface area contributed by atoms with Crippen LogP contribution in [0.4, 0.5) is 0 Å². The molecule has 2 heteroatoms. The number of rotatable bonds is 2. The van der Waals surface area contributed by atoms with Crippen molar-refractivity contribution in [3.63, 3.8) is 0 Å². The van der Waals surface area contributed by atoms with Gasteiger partial charge in [0.05, 0.1) is 0 Å². The van der Waals surface area contributed by atoms with Gasteiger partial charge in [0.25, 0.3) is 0 Å². The van der Waals surface area contributed by atoms with Crippen LogP contribution in [0.15, 0.2) is 0 Å². The van der Waals surface area contributed by atoms with Crippen LogP contribution in [0.3, 0.4) is 0 Å². The maximum Gasteiger partial charge on any atom is 0.0433 e. The second-order valence-corrected chi connectivity index (χ2v) is 1.28. The molecular formula is C8H25NO. The van der Waals surface area contributed by atoms with Gasteiger partial charge in [-0.2, -0.15) is 0 Å². The fourth-order valence-electron chi connectivity index (χ4n) is 0. The summed E-state index contributed by atoms with van der Waals surface area (Å²) in [5, 5.41) is 2.93. The fourth-order valence-corrected chi connectivity index (χ4v) is 0. The minimum absolute atomic E-state index is 0. The van der Waals surface area contributed by atoms with Gasteiger partial charge in [0.1, 0.15) is 0 Å². The van der Waals surface area contributed by atoms with Crippen molar-refractivity contribution in [2.45, 2.75) is 28.7 Å². The highest BCUT2D eigenvalue weighted by atomic mass is 16.5. The van der Waals surface area contributed by atoms with Crippen molar-refractivity contribution in [3.05, 3.63) is 0 Å². The van der Waals surface area contributed by atoms with E-state index >= 15 is 0 Å². The normalized spacial score (nSPS) is 6.00. The van der Waals surface area contributed by atoms with Gasteiger partial charge in [0, 0.05) is 13.7 Å². The average Bonchev–Trinajstić information content (AvgIpc) is 1.88. The van der Waals surface area contributed by atoms with Crippen molar-refractivity contribution in [2.24, 2.45) is 0 Å². The lowest BCUT2D eigenvalue weighted by atomic mass is 10.8. The molecule has 0 heterocycles. The Morgan fingerprint density at radius 2 is 1.40 bits per heavy atom. The molecular weight excluding hydrogens is 126 g/mol. The summed E-state index contributed by atoms with van der Waals surface area (Å²) in [5.41, 5.74) is 0. The second kappa shape index (κ2) is 36.4.